The highest BCUT2D eigenvalue weighted by Crippen LogP contribution is 2.04. The average Bonchev–Trinajstić information content (AvgIpc) is 2.28. The van der Waals surface area contributed by atoms with Gasteiger partial charge in [-0.1, -0.05) is 0 Å². The standard InChI is InChI=1S/C10H19N3O3/c1-12-4-5-13(2)8(7-12)6-11-9(14)10(15)16-3/h8H,4-7H2,1-3H3,(H,11,14). The van der Waals surface area contributed by atoms with Gasteiger partial charge in [0.1, 0.15) is 0 Å². The lowest BCUT2D eigenvalue weighted by Gasteiger charge is -2.37. The number of ether oxygens (including phenoxy) is 1. The van der Waals surface area contributed by atoms with Crippen LogP contribution in [0, 0.1) is 0 Å². The van der Waals surface area contributed by atoms with Crippen molar-refractivity contribution in [3.8, 4) is 0 Å². The summed E-state index contributed by atoms with van der Waals surface area (Å²) in [6.45, 7) is 3.35. The van der Waals surface area contributed by atoms with Gasteiger partial charge in [0, 0.05) is 32.2 Å². The van der Waals surface area contributed by atoms with Gasteiger partial charge >= 0.3 is 11.9 Å². The van der Waals surface area contributed by atoms with Crippen LogP contribution in [0.15, 0.2) is 0 Å². The van der Waals surface area contributed by atoms with E-state index in [2.05, 4.69) is 19.9 Å². The third-order valence-electron chi connectivity index (χ3n) is 2.85. The summed E-state index contributed by atoms with van der Waals surface area (Å²) in [7, 11) is 5.26. The Morgan fingerprint density at radius 1 is 1.38 bits per heavy atom. The van der Waals surface area contributed by atoms with Crippen LogP contribution in [0.25, 0.3) is 0 Å². The van der Waals surface area contributed by atoms with Gasteiger partial charge in [0.15, 0.2) is 0 Å². The molecule has 16 heavy (non-hydrogen) atoms. The highest BCUT2D eigenvalue weighted by Gasteiger charge is 2.23. The maximum absolute atomic E-state index is 11.2. The molecule has 92 valence electrons. The van der Waals surface area contributed by atoms with Gasteiger partial charge < -0.3 is 15.0 Å². The van der Waals surface area contributed by atoms with Crippen molar-refractivity contribution in [2.45, 2.75) is 6.04 Å². The van der Waals surface area contributed by atoms with Crippen LogP contribution in [0.3, 0.4) is 0 Å². The summed E-state index contributed by atoms with van der Waals surface area (Å²) in [4.78, 5) is 26.4. The Morgan fingerprint density at radius 2 is 2.06 bits per heavy atom. The molecule has 0 aromatic carbocycles. The second-order valence-corrected chi connectivity index (χ2v) is 4.10. The molecule has 1 rings (SSSR count). The molecule has 1 fully saturated rings. The van der Waals surface area contributed by atoms with Crippen LogP contribution in [-0.2, 0) is 14.3 Å². The van der Waals surface area contributed by atoms with E-state index in [4.69, 9.17) is 0 Å². The Kier molecular flexibility index (Phi) is 4.70. The summed E-state index contributed by atoms with van der Waals surface area (Å²) in [6, 6.07) is 0.243. The van der Waals surface area contributed by atoms with Crippen LogP contribution < -0.4 is 5.32 Å². The largest absolute Gasteiger partial charge is 0.462 e. The summed E-state index contributed by atoms with van der Waals surface area (Å²) in [5.41, 5.74) is 0. The quantitative estimate of drug-likeness (QED) is 0.462. The van der Waals surface area contributed by atoms with Crippen molar-refractivity contribution in [3.63, 3.8) is 0 Å². The van der Waals surface area contributed by atoms with E-state index in [0.717, 1.165) is 19.6 Å². The zero-order chi connectivity index (χ0) is 12.1. The van der Waals surface area contributed by atoms with Crippen molar-refractivity contribution < 1.29 is 14.3 Å². The first-order chi connectivity index (χ1) is 7.54. The number of carbonyl (C=O) groups excluding carboxylic acids is 2. The molecule has 1 saturated heterocycles. The fourth-order valence-corrected chi connectivity index (χ4v) is 1.70. The second kappa shape index (κ2) is 5.81. The molecule has 6 nitrogen and oxygen atoms in total. The average molecular weight is 229 g/mol. The van der Waals surface area contributed by atoms with Crippen molar-refractivity contribution in [3.05, 3.63) is 0 Å². The van der Waals surface area contributed by atoms with Gasteiger partial charge in [-0.2, -0.15) is 0 Å². The van der Waals surface area contributed by atoms with Gasteiger partial charge in [-0.15, -0.1) is 0 Å². The molecule has 0 radical (unpaired) electrons. The Labute approximate surface area is 95.5 Å². The van der Waals surface area contributed by atoms with Gasteiger partial charge in [-0.25, -0.2) is 4.79 Å². The third kappa shape index (κ3) is 3.46. The first kappa shape index (κ1) is 12.9. The fourth-order valence-electron chi connectivity index (χ4n) is 1.70. The Hall–Kier alpha value is -1.14. The van der Waals surface area contributed by atoms with Crippen LogP contribution in [0.1, 0.15) is 0 Å². The van der Waals surface area contributed by atoms with Crippen LogP contribution in [0.5, 0.6) is 0 Å². The number of hydrogen-bond acceptors (Lipinski definition) is 5. The highest BCUT2D eigenvalue weighted by molar-refractivity contribution is 6.32. The molecule has 6 heteroatoms. The SMILES string of the molecule is COC(=O)C(=O)NCC1CN(C)CCN1C. The number of carbonyl (C=O) groups is 2. The van der Waals surface area contributed by atoms with E-state index in [1.165, 1.54) is 7.11 Å². The Morgan fingerprint density at radius 3 is 2.69 bits per heavy atom. The van der Waals surface area contributed by atoms with E-state index in [0.29, 0.717) is 6.54 Å². The van der Waals surface area contributed by atoms with Gasteiger partial charge in [0.05, 0.1) is 7.11 Å². The number of hydrogen-bond donors (Lipinski definition) is 1. The van der Waals surface area contributed by atoms with Crippen molar-refractivity contribution in [2.24, 2.45) is 0 Å². The summed E-state index contributed by atoms with van der Waals surface area (Å²) in [6.07, 6.45) is 0. The van der Waals surface area contributed by atoms with Crippen molar-refractivity contribution >= 4 is 11.9 Å². The second-order valence-electron chi connectivity index (χ2n) is 4.10. The van der Waals surface area contributed by atoms with E-state index in [1.54, 1.807) is 0 Å². The van der Waals surface area contributed by atoms with Gasteiger partial charge in [0.2, 0.25) is 0 Å². The maximum atomic E-state index is 11.2. The highest BCUT2D eigenvalue weighted by atomic mass is 16.5. The number of amides is 1. The first-order valence-electron chi connectivity index (χ1n) is 5.29. The molecule has 1 atom stereocenters. The molecule has 1 unspecified atom stereocenters. The van der Waals surface area contributed by atoms with Gasteiger partial charge in [-0.3, -0.25) is 9.69 Å². The van der Waals surface area contributed by atoms with Crippen LogP contribution in [-0.4, -0.2) is 75.1 Å². The predicted octanol–water partition coefficient (Wildman–Crippen LogP) is -1.48. The van der Waals surface area contributed by atoms with Gasteiger partial charge in [0.25, 0.3) is 0 Å². The number of nitrogens with one attached hydrogen (secondary N) is 1. The minimum atomic E-state index is -0.841. The van der Waals surface area contributed by atoms with E-state index in [1.807, 2.05) is 14.1 Å². The number of likely N-dealkylation sites (N-methyl/N-ethyl adjacent to an activating group) is 2. The minimum absolute atomic E-state index is 0.243. The van der Waals surface area contributed by atoms with Crippen molar-refractivity contribution in [2.75, 3.05) is 47.4 Å². The van der Waals surface area contributed by atoms with Crippen molar-refractivity contribution in [1.29, 1.82) is 0 Å². The van der Waals surface area contributed by atoms with E-state index >= 15 is 0 Å². The molecular formula is C10H19N3O3. The topological polar surface area (TPSA) is 61.9 Å². The lowest BCUT2D eigenvalue weighted by atomic mass is 10.2. The monoisotopic (exact) mass is 229 g/mol. The number of rotatable bonds is 2. The summed E-state index contributed by atoms with van der Waals surface area (Å²) in [5, 5.41) is 2.57. The van der Waals surface area contributed by atoms with E-state index in [9.17, 15) is 9.59 Å². The zero-order valence-electron chi connectivity index (χ0n) is 10.0. The zero-order valence-corrected chi connectivity index (χ0v) is 10.0. The van der Waals surface area contributed by atoms with Crippen molar-refractivity contribution in [1.82, 2.24) is 15.1 Å². The normalized spacial score (nSPS) is 22.8. The molecule has 1 aliphatic rings. The molecule has 1 N–H and O–H groups in total. The summed E-state index contributed by atoms with van der Waals surface area (Å²) >= 11 is 0. The minimum Gasteiger partial charge on any atom is -0.462 e. The van der Waals surface area contributed by atoms with Crippen LogP contribution in [0.2, 0.25) is 0 Å². The molecule has 1 amide bonds. The number of nitrogens with zero attached hydrogens (tertiary/aromatic N) is 2. The molecule has 1 heterocycles. The lowest BCUT2D eigenvalue weighted by molar-refractivity contribution is -0.152. The van der Waals surface area contributed by atoms with Gasteiger partial charge in [-0.05, 0) is 14.1 Å². The number of esters is 1. The molecule has 0 aromatic rings. The number of methoxy groups -OCH3 is 1. The molecule has 0 spiro atoms. The molecule has 0 aliphatic carbocycles. The fraction of sp³-hybridized carbons (Fsp3) is 0.800. The van der Waals surface area contributed by atoms with E-state index < -0.39 is 11.9 Å². The first-order valence-corrected chi connectivity index (χ1v) is 5.29. The maximum Gasteiger partial charge on any atom is 0.396 e. The van der Waals surface area contributed by atoms with Crippen LogP contribution in [0.4, 0.5) is 0 Å². The summed E-state index contributed by atoms with van der Waals surface area (Å²) < 4.78 is 4.32. The lowest BCUT2D eigenvalue weighted by Crippen LogP contribution is -2.54. The predicted molar refractivity (Wildman–Crippen MR) is 58.9 cm³/mol. The smallest absolute Gasteiger partial charge is 0.396 e. The van der Waals surface area contributed by atoms with E-state index in [-0.39, 0.29) is 6.04 Å². The third-order valence-corrected chi connectivity index (χ3v) is 2.85. The molecule has 0 bridgehead atoms. The molecule has 1 aliphatic heterocycles. The molecular weight excluding hydrogens is 210 g/mol. The summed E-state index contributed by atoms with van der Waals surface area (Å²) in [5.74, 6) is -1.52. The Balaban J connectivity index is 2.36. The molecule has 0 aromatic heterocycles. The number of piperazine rings is 1. The Bertz CT molecular complexity index is 270. The molecule has 0 saturated carbocycles. The van der Waals surface area contributed by atoms with Crippen LogP contribution >= 0.6 is 0 Å².